The van der Waals surface area contributed by atoms with Crippen LogP contribution in [0.1, 0.15) is 130 Å². The van der Waals surface area contributed by atoms with Crippen LogP contribution in [0.2, 0.25) is 0 Å². The minimum Gasteiger partial charge on any atom is -0.379 e. The summed E-state index contributed by atoms with van der Waals surface area (Å²) in [5.74, 6) is 0. The Balaban J connectivity index is 3.05. The Hall–Kier alpha value is -0.0800. The summed E-state index contributed by atoms with van der Waals surface area (Å²) in [5, 5.41) is 12.4. The molecular weight excluding hydrogens is 294 g/mol. The lowest BCUT2D eigenvalue weighted by Gasteiger charge is -2.15. The third-order valence-electron chi connectivity index (χ3n) is 5.02. The average molecular weight is 342 g/mol. The van der Waals surface area contributed by atoms with E-state index >= 15 is 0 Å². The average Bonchev–Trinajstić information content (AvgIpc) is 2.53. The number of aliphatic hydroxyl groups excluding tert-OH is 1. The molecule has 2 nitrogen and oxygen atoms in total. The van der Waals surface area contributed by atoms with Crippen LogP contribution in [0, 0.1) is 0 Å². The minimum absolute atomic E-state index is 0.374. The van der Waals surface area contributed by atoms with Crippen molar-refractivity contribution in [1.82, 2.24) is 5.32 Å². The molecule has 2 unspecified atom stereocenters. The standard InChI is InChI=1S/C22H47NO/c1-4-5-6-7-8-9-10-11-12-13-14-15-16-17-18-19-20-21(2)23-22(3)24/h21-24H,4-20H2,1-3H3. The second-order valence-corrected chi connectivity index (χ2v) is 7.84. The zero-order valence-electron chi connectivity index (χ0n) is 17.1. The van der Waals surface area contributed by atoms with Crippen molar-refractivity contribution < 1.29 is 5.11 Å². The molecule has 2 atom stereocenters. The maximum absolute atomic E-state index is 9.25. The lowest BCUT2D eigenvalue weighted by molar-refractivity contribution is 0.141. The van der Waals surface area contributed by atoms with E-state index in [0.717, 1.165) is 0 Å². The molecule has 0 heterocycles. The van der Waals surface area contributed by atoms with E-state index in [1.165, 1.54) is 109 Å². The zero-order valence-corrected chi connectivity index (χ0v) is 17.1. The molecule has 2 N–H and O–H groups in total. The summed E-state index contributed by atoms with van der Waals surface area (Å²) in [6.45, 7) is 6.25. The Morgan fingerprint density at radius 3 is 1.25 bits per heavy atom. The fourth-order valence-electron chi connectivity index (χ4n) is 3.49. The van der Waals surface area contributed by atoms with Crippen molar-refractivity contribution in [2.24, 2.45) is 0 Å². The molecule has 24 heavy (non-hydrogen) atoms. The number of aliphatic hydroxyl groups is 1. The molecule has 0 aliphatic heterocycles. The first kappa shape index (κ1) is 23.9. The van der Waals surface area contributed by atoms with Crippen LogP contribution in [0.3, 0.4) is 0 Å². The Morgan fingerprint density at radius 1 is 0.583 bits per heavy atom. The number of nitrogens with one attached hydrogen (secondary N) is 1. The van der Waals surface area contributed by atoms with Crippen molar-refractivity contribution in [3.63, 3.8) is 0 Å². The van der Waals surface area contributed by atoms with Gasteiger partial charge in [-0.25, -0.2) is 0 Å². The molecule has 0 aromatic rings. The van der Waals surface area contributed by atoms with Gasteiger partial charge in [-0.1, -0.05) is 110 Å². The first-order chi connectivity index (χ1) is 11.7. The molecule has 0 amide bonds. The molecule has 0 fully saturated rings. The van der Waals surface area contributed by atoms with Crippen LogP contribution in [-0.4, -0.2) is 17.4 Å². The Kier molecular flexibility index (Phi) is 19.2. The van der Waals surface area contributed by atoms with Crippen LogP contribution < -0.4 is 5.32 Å². The third kappa shape index (κ3) is 20.0. The Bertz CT molecular complexity index is 230. The van der Waals surface area contributed by atoms with Gasteiger partial charge in [0, 0.05) is 6.04 Å². The van der Waals surface area contributed by atoms with Crippen molar-refractivity contribution in [1.29, 1.82) is 0 Å². The zero-order chi connectivity index (χ0) is 17.9. The van der Waals surface area contributed by atoms with E-state index in [4.69, 9.17) is 0 Å². The van der Waals surface area contributed by atoms with Gasteiger partial charge in [-0.2, -0.15) is 0 Å². The van der Waals surface area contributed by atoms with Crippen LogP contribution in [0.15, 0.2) is 0 Å². The number of unbranched alkanes of at least 4 members (excludes halogenated alkanes) is 15. The summed E-state index contributed by atoms with van der Waals surface area (Å²) in [6.07, 6.45) is 23.6. The largest absolute Gasteiger partial charge is 0.379 e. The van der Waals surface area contributed by atoms with Crippen molar-refractivity contribution in [2.45, 2.75) is 142 Å². The van der Waals surface area contributed by atoms with Gasteiger partial charge in [0.2, 0.25) is 0 Å². The van der Waals surface area contributed by atoms with Crippen LogP contribution in [0.25, 0.3) is 0 Å². The summed E-state index contributed by atoms with van der Waals surface area (Å²) < 4.78 is 0. The maximum Gasteiger partial charge on any atom is 0.102 e. The molecule has 0 radical (unpaired) electrons. The molecule has 0 aliphatic rings. The van der Waals surface area contributed by atoms with Gasteiger partial charge in [0.1, 0.15) is 6.23 Å². The second-order valence-electron chi connectivity index (χ2n) is 7.84. The van der Waals surface area contributed by atoms with Crippen LogP contribution in [-0.2, 0) is 0 Å². The van der Waals surface area contributed by atoms with Crippen LogP contribution in [0.4, 0.5) is 0 Å². The van der Waals surface area contributed by atoms with Crippen molar-refractivity contribution in [2.75, 3.05) is 0 Å². The highest BCUT2D eigenvalue weighted by Gasteiger charge is 2.03. The first-order valence-electron chi connectivity index (χ1n) is 11.1. The normalized spacial score (nSPS) is 14.0. The topological polar surface area (TPSA) is 32.3 Å². The predicted octanol–water partition coefficient (Wildman–Crippen LogP) is 6.95. The summed E-state index contributed by atoms with van der Waals surface area (Å²) in [7, 11) is 0. The minimum atomic E-state index is -0.374. The highest BCUT2D eigenvalue weighted by Crippen LogP contribution is 2.14. The monoisotopic (exact) mass is 341 g/mol. The van der Waals surface area contributed by atoms with E-state index in [2.05, 4.69) is 19.2 Å². The quantitative estimate of drug-likeness (QED) is 0.197. The second kappa shape index (κ2) is 19.2. The number of rotatable bonds is 19. The number of hydrogen-bond donors (Lipinski definition) is 2. The lowest BCUT2D eigenvalue weighted by atomic mass is 10.0. The predicted molar refractivity (Wildman–Crippen MR) is 108 cm³/mol. The van der Waals surface area contributed by atoms with E-state index < -0.39 is 0 Å². The van der Waals surface area contributed by atoms with E-state index in [1.54, 1.807) is 6.92 Å². The summed E-state index contributed by atoms with van der Waals surface area (Å²) in [5.41, 5.74) is 0. The first-order valence-corrected chi connectivity index (χ1v) is 11.1. The smallest absolute Gasteiger partial charge is 0.102 e. The molecule has 2 heteroatoms. The van der Waals surface area contributed by atoms with Crippen molar-refractivity contribution >= 4 is 0 Å². The molecule has 0 saturated carbocycles. The molecular formula is C22H47NO. The van der Waals surface area contributed by atoms with E-state index in [9.17, 15) is 5.11 Å². The molecule has 0 aromatic carbocycles. The molecule has 0 spiro atoms. The van der Waals surface area contributed by atoms with Crippen molar-refractivity contribution in [3.8, 4) is 0 Å². The van der Waals surface area contributed by atoms with Gasteiger partial charge in [0.25, 0.3) is 0 Å². The molecule has 146 valence electrons. The highest BCUT2D eigenvalue weighted by atomic mass is 16.3. The highest BCUT2D eigenvalue weighted by molar-refractivity contribution is 4.61. The van der Waals surface area contributed by atoms with E-state index in [-0.39, 0.29) is 6.23 Å². The molecule has 0 bridgehead atoms. The van der Waals surface area contributed by atoms with Gasteiger partial charge in [-0.05, 0) is 20.3 Å². The van der Waals surface area contributed by atoms with E-state index in [0.29, 0.717) is 6.04 Å². The Morgan fingerprint density at radius 2 is 0.917 bits per heavy atom. The summed E-state index contributed by atoms with van der Waals surface area (Å²) >= 11 is 0. The van der Waals surface area contributed by atoms with Crippen molar-refractivity contribution in [3.05, 3.63) is 0 Å². The van der Waals surface area contributed by atoms with Gasteiger partial charge < -0.3 is 5.11 Å². The molecule has 0 rings (SSSR count). The fourth-order valence-corrected chi connectivity index (χ4v) is 3.49. The fraction of sp³-hybridized carbons (Fsp3) is 1.00. The van der Waals surface area contributed by atoms with Gasteiger partial charge in [-0.3, -0.25) is 5.32 Å². The van der Waals surface area contributed by atoms with Gasteiger partial charge in [0.15, 0.2) is 0 Å². The Labute approximate surface area is 153 Å². The third-order valence-corrected chi connectivity index (χ3v) is 5.02. The maximum atomic E-state index is 9.25. The number of hydrogen-bond acceptors (Lipinski definition) is 2. The van der Waals surface area contributed by atoms with Gasteiger partial charge in [0.05, 0.1) is 0 Å². The molecule has 0 aliphatic carbocycles. The van der Waals surface area contributed by atoms with Gasteiger partial charge >= 0.3 is 0 Å². The molecule has 0 saturated heterocycles. The SMILES string of the molecule is CCCCCCCCCCCCCCCCCCC(C)NC(C)O. The summed E-state index contributed by atoms with van der Waals surface area (Å²) in [6, 6.07) is 0.441. The molecule has 0 aromatic heterocycles. The lowest BCUT2D eigenvalue weighted by Crippen LogP contribution is -2.33. The van der Waals surface area contributed by atoms with Crippen LogP contribution >= 0.6 is 0 Å². The van der Waals surface area contributed by atoms with Gasteiger partial charge in [-0.15, -0.1) is 0 Å². The van der Waals surface area contributed by atoms with Crippen LogP contribution in [0.5, 0.6) is 0 Å². The summed E-state index contributed by atoms with van der Waals surface area (Å²) in [4.78, 5) is 0. The van der Waals surface area contributed by atoms with E-state index in [1.807, 2.05) is 0 Å².